The van der Waals surface area contributed by atoms with Crippen LogP contribution in [0.1, 0.15) is 34.0 Å². The van der Waals surface area contributed by atoms with E-state index >= 15 is 0 Å². The molecule has 3 aromatic rings. The second-order valence-corrected chi connectivity index (χ2v) is 9.30. The molecule has 0 bridgehead atoms. The number of hydrogen-bond donors (Lipinski definition) is 6. The second-order valence-electron chi connectivity index (χ2n) is 8.46. The SMILES string of the molecule is C[C@@H](O)[C@H](NC(=O)c1ccc(C#Cc2ccc(NC(=O)CNCc3ccc(Cl)cc3Cl)cc2)cc1)C(=O)NO. The quantitative estimate of drug-likeness (QED) is 0.133. The molecule has 0 aromatic heterocycles. The number of aliphatic hydroxyl groups excluding tert-OH is 1. The van der Waals surface area contributed by atoms with Crippen molar-refractivity contribution in [3.63, 3.8) is 0 Å². The van der Waals surface area contributed by atoms with Gasteiger partial charge in [-0.25, -0.2) is 5.48 Å². The third-order valence-corrected chi connectivity index (χ3v) is 6.03. The number of aliphatic hydroxyl groups is 1. The van der Waals surface area contributed by atoms with Gasteiger partial charge in [-0.05, 0) is 73.2 Å². The number of carbonyl (C=O) groups is 3. The molecular formula is C28H26Cl2N4O5. The fourth-order valence-electron chi connectivity index (χ4n) is 3.37. The third-order valence-electron chi connectivity index (χ3n) is 5.44. The Balaban J connectivity index is 1.50. The van der Waals surface area contributed by atoms with Crippen molar-refractivity contribution in [2.24, 2.45) is 0 Å². The van der Waals surface area contributed by atoms with Gasteiger partial charge < -0.3 is 21.1 Å². The van der Waals surface area contributed by atoms with E-state index in [-0.39, 0.29) is 18.0 Å². The number of nitrogens with one attached hydrogen (secondary N) is 4. The van der Waals surface area contributed by atoms with Crippen LogP contribution in [0.5, 0.6) is 0 Å². The standard InChI is InChI=1S/C28H26Cl2N4O5/c1-17(35)26(28(38)34-39)33-27(37)20-8-4-18(5-9-20)2-3-19-6-12-23(13-7-19)32-25(36)16-31-15-21-10-11-22(29)14-24(21)30/h4-14,17,26,31,35,39H,15-16H2,1H3,(H,32,36)(H,33,37)(H,34,38)/t17-,26+/m1/s1. The van der Waals surface area contributed by atoms with Crippen LogP contribution < -0.4 is 21.4 Å². The highest BCUT2D eigenvalue weighted by molar-refractivity contribution is 6.35. The summed E-state index contributed by atoms with van der Waals surface area (Å²) in [7, 11) is 0. The lowest BCUT2D eigenvalue weighted by atomic mass is 10.1. The first-order valence-corrected chi connectivity index (χ1v) is 12.5. The van der Waals surface area contributed by atoms with Gasteiger partial charge in [-0.3, -0.25) is 19.6 Å². The van der Waals surface area contributed by atoms with Crippen LogP contribution in [0.15, 0.2) is 66.7 Å². The van der Waals surface area contributed by atoms with E-state index in [0.29, 0.717) is 27.8 Å². The Labute approximate surface area is 235 Å². The van der Waals surface area contributed by atoms with Crippen molar-refractivity contribution in [1.29, 1.82) is 0 Å². The van der Waals surface area contributed by atoms with Gasteiger partial charge in [0.1, 0.15) is 6.04 Å². The number of benzene rings is 3. The van der Waals surface area contributed by atoms with Crippen LogP contribution in [0.25, 0.3) is 0 Å². The fraction of sp³-hybridized carbons (Fsp3) is 0.179. The summed E-state index contributed by atoms with van der Waals surface area (Å²) in [6.45, 7) is 1.84. The number of amides is 3. The van der Waals surface area contributed by atoms with Crippen LogP contribution in [-0.2, 0) is 16.1 Å². The Bertz CT molecular complexity index is 1380. The number of halogens is 2. The van der Waals surface area contributed by atoms with Gasteiger partial charge >= 0.3 is 0 Å². The van der Waals surface area contributed by atoms with E-state index < -0.39 is 24.0 Å². The lowest BCUT2D eigenvalue weighted by Gasteiger charge is -2.19. The van der Waals surface area contributed by atoms with Crippen LogP contribution in [-0.4, -0.2) is 46.7 Å². The molecule has 2 atom stereocenters. The molecular weight excluding hydrogens is 543 g/mol. The average molecular weight is 569 g/mol. The molecule has 11 heteroatoms. The molecule has 0 unspecified atom stereocenters. The minimum absolute atomic E-state index is 0.100. The summed E-state index contributed by atoms with van der Waals surface area (Å²) in [4.78, 5) is 36.2. The van der Waals surface area contributed by atoms with Gasteiger partial charge in [0, 0.05) is 39.0 Å². The lowest BCUT2D eigenvalue weighted by molar-refractivity contribution is -0.133. The highest BCUT2D eigenvalue weighted by Crippen LogP contribution is 2.20. The number of hydroxylamine groups is 1. The molecule has 3 aromatic carbocycles. The zero-order chi connectivity index (χ0) is 28.4. The van der Waals surface area contributed by atoms with Crippen molar-refractivity contribution in [3.05, 3.63) is 99.0 Å². The van der Waals surface area contributed by atoms with Gasteiger partial charge in [0.05, 0.1) is 12.6 Å². The summed E-state index contributed by atoms with van der Waals surface area (Å²) in [6.07, 6.45) is -1.21. The van der Waals surface area contributed by atoms with Crippen molar-refractivity contribution in [2.75, 3.05) is 11.9 Å². The van der Waals surface area contributed by atoms with Crippen molar-refractivity contribution in [2.45, 2.75) is 25.6 Å². The van der Waals surface area contributed by atoms with Gasteiger partial charge in [0.25, 0.3) is 11.8 Å². The van der Waals surface area contributed by atoms with Crippen molar-refractivity contribution >= 4 is 46.6 Å². The van der Waals surface area contributed by atoms with Crippen molar-refractivity contribution in [1.82, 2.24) is 16.1 Å². The molecule has 9 nitrogen and oxygen atoms in total. The molecule has 6 N–H and O–H groups in total. The van der Waals surface area contributed by atoms with Gasteiger partial charge in [0.2, 0.25) is 5.91 Å². The van der Waals surface area contributed by atoms with E-state index in [9.17, 15) is 19.5 Å². The number of hydrogen-bond acceptors (Lipinski definition) is 6. The van der Waals surface area contributed by atoms with Gasteiger partial charge in [-0.2, -0.15) is 0 Å². The van der Waals surface area contributed by atoms with E-state index in [2.05, 4.69) is 27.8 Å². The number of rotatable bonds is 9. The highest BCUT2D eigenvalue weighted by atomic mass is 35.5. The molecule has 0 aliphatic carbocycles. The molecule has 0 saturated carbocycles. The molecule has 0 heterocycles. The van der Waals surface area contributed by atoms with Crippen LogP contribution >= 0.6 is 23.2 Å². The molecule has 202 valence electrons. The molecule has 0 aliphatic heterocycles. The van der Waals surface area contributed by atoms with Crippen molar-refractivity contribution < 1.29 is 24.7 Å². The smallest absolute Gasteiger partial charge is 0.268 e. The Kier molecular flexibility index (Phi) is 10.9. The topological polar surface area (TPSA) is 140 Å². The fourth-order valence-corrected chi connectivity index (χ4v) is 3.84. The summed E-state index contributed by atoms with van der Waals surface area (Å²) in [5.74, 6) is 4.27. The van der Waals surface area contributed by atoms with E-state index in [4.69, 9.17) is 28.4 Å². The molecule has 0 radical (unpaired) electrons. The first kappa shape index (κ1) is 29.6. The number of anilines is 1. The number of carbonyl (C=O) groups excluding carboxylic acids is 3. The second kappa shape index (κ2) is 14.3. The lowest BCUT2D eigenvalue weighted by Crippen LogP contribution is -2.51. The normalized spacial score (nSPS) is 11.9. The van der Waals surface area contributed by atoms with Crippen LogP contribution in [0, 0.1) is 11.8 Å². The summed E-state index contributed by atoms with van der Waals surface area (Å²) < 4.78 is 0. The minimum Gasteiger partial charge on any atom is -0.391 e. The Morgan fingerprint density at radius 1 is 0.923 bits per heavy atom. The maximum atomic E-state index is 12.4. The van der Waals surface area contributed by atoms with Gasteiger partial charge in [0.15, 0.2) is 0 Å². The van der Waals surface area contributed by atoms with E-state index in [1.165, 1.54) is 24.5 Å². The van der Waals surface area contributed by atoms with Crippen LogP contribution in [0.3, 0.4) is 0 Å². The van der Waals surface area contributed by atoms with Crippen molar-refractivity contribution in [3.8, 4) is 11.8 Å². The van der Waals surface area contributed by atoms with E-state index in [0.717, 1.165) is 11.1 Å². The maximum absolute atomic E-state index is 12.4. The Morgan fingerprint density at radius 2 is 1.54 bits per heavy atom. The highest BCUT2D eigenvalue weighted by Gasteiger charge is 2.25. The molecule has 0 fully saturated rings. The molecule has 3 amide bonds. The zero-order valence-electron chi connectivity index (χ0n) is 20.8. The molecule has 0 spiro atoms. The molecule has 39 heavy (non-hydrogen) atoms. The zero-order valence-corrected chi connectivity index (χ0v) is 22.3. The maximum Gasteiger partial charge on any atom is 0.268 e. The molecule has 3 rings (SSSR count). The summed E-state index contributed by atoms with van der Waals surface area (Å²) in [6, 6.07) is 17.3. The first-order valence-electron chi connectivity index (χ1n) is 11.8. The summed E-state index contributed by atoms with van der Waals surface area (Å²) in [5, 5.41) is 27.7. The van der Waals surface area contributed by atoms with Crippen LogP contribution in [0.4, 0.5) is 5.69 Å². The largest absolute Gasteiger partial charge is 0.391 e. The van der Waals surface area contributed by atoms with E-state index in [1.54, 1.807) is 54.6 Å². The average Bonchev–Trinajstić information content (AvgIpc) is 2.92. The molecule has 0 saturated heterocycles. The Hall–Kier alpha value is -3.91. The predicted octanol–water partition coefficient (Wildman–Crippen LogP) is 3.11. The summed E-state index contributed by atoms with van der Waals surface area (Å²) >= 11 is 12.0. The predicted molar refractivity (Wildman–Crippen MR) is 149 cm³/mol. The van der Waals surface area contributed by atoms with Crippen LogP contribution in [0.2, 0.25) is 10.0 Å². The van der Waals surface area contributed by atoms with Gasteiger partial charge in [-0.1, -0.05) is 41.1 Å². The monoisotopic (exact) mass is 568 g/mol. The van der Waals surface area contributed by atoms with Gasteiger partial charge in [-0.15, -0.1) is 0 Å². The Morgan fingerprint density at radius 3 is 2.10 bits per heavy atom. The first-order chi connectivity index (χ1) is 18.7. The van der Waals surface area contributed by atoms with E-state index in [1.807, 2.05) is 0 Å². The minimum atomic E-state index is -1.31. The third kappa shape index (κ3) is 9.11. The molecule has 0 aliphatic rings. The summed E-state index contributed by atoms with van der Waals surface area (Å²) in [5.41, 5.74) is 4.50.